The first-order valence-corrected chi connectivity index (χ1v) is 10.4. The average molecular weight is 370 g/mol. The number of nitrogens with zero attached hydrogens (tertiary/aromatic N) is 2. The van der Waals surface area contributed by atoms with Gasteiger partial charge in [-0.2, -0.15) is 0 Å². The third-order valence-electron chi connectivity index (χ3n) is 6.53. The predicted molar refractivity (Wildman–Crippen MR) is 104 cm³/mol. The van der Waals surface area contributed by atoms with Crippen LogP contribution in [0.3, 0.4) is 0 Å². The summed E-state index contributed by atoms with van der Waals surface area (Å²) in [5.74, 6) is 1.03. The number of rotatable bonds is 4. The van der Waals surface area contributed by atoms with Gasteiger partial charge in [-0.1, -0.05) is 43.9 Å². The molecule has 0 bridgehead atoms. The third kappa shape index (κ3) is 4.18. The molecule has 0 N–H and O–H groups in total. The molecule has 1 aromatic rings. The van der Waals surface area contributed by atoms with E-state index in [1.807, 2.05) is 40.1 Å². The molecule has 1 aliphatic carbocycles. The van der Waals surface area contributed by atoms with Gasteiger partial charge in [-0.25, -0.2) is 0 Å². The molecule has 2 heterocycles. The number of anilines is 1. The first kappa shape index (κ1) is 18.5. The van der Waals surface area contributed by atoms with Crippen molar-refractivity contribution in [1.29, 1.82) is 0 Å². The molecular formula is C22H30N2O3. The maximum atomic E-state index is 12.7. The van der Waals surface area contributed by atoms with Crippen molar-refractivity contribution in [3.8, 4) is 0 Å². The summed E-state index contributed by atoms with van der Waals surface area (Å²) in [6, 6.07) is 9.80. The van der Waals surface area contributed by atoms with Crippen LogP contribution >= 0.6 is 0 Å². The number of para-hydroxylation sites is 1. The molecule has 4 rings (SSSR count). The van der Waals surface area contributed by atoms with Gasteiger partial charge in [-0.15, -0.1) is 0 Å². The van der Waals surface area contributed by atoms with Crippen molar-refractivity contribution >= 4 is 17.5 Å². The molecular weight excluding hydrogens is 340 g/mol. The van der Waals surface area contributed by atoms with Crippen molar-refractivity contribution in [3.63, 3.8) is 0 Å². The zero-order valence-electron chi connectivity index (χ0n) is 16.1. The molecule has 2 aliphatic heterocycles. The fraction of sp³-hybridized carbons (Fsp3) is 0.636. The van der Waals surface area contributed by atoms with E-state index in [4.69, 9.17) is 4.74 Å². The summed E-state index contributed by atoms with van der Waals surface area (Å²) in [5, 5.41) is 0. The number of carbonyl (C=O) groups is 2. The quantitative estimate of drug-likeness (QED) is 0.818. The molecule has 27 heavy (non-hydrogen) atoms. The van der Waals surface area contributed by atoms with Crippen LogP contribution in [0.5, 0.6) is 0 Å². The fourth-order valence-electron chi connectivity index (χ4n) is 4.92. The molecule has 0 radical (unpaired) electrons. The van der Waals surface area contributed by atoms with E-state index in [9.17, 15) is 9.59 Å². The minimum Gasteiger partial charge on any atom is -0.371 e. The van der Waals surface area contributed by atoms with E-state index in [-0.39, 0.29) is 23.8 Å². The van der Waals surface area contributed by atoms with Gasteiger partial charge in [0.15, 0.2) is 0 Å². The molecule has 3 fully saturated rings. The van der Waals surface area contributed by atoms with Crippen LogP contribution in [0.15, 0.2) is 30.3 Å². The van der Waals surface area contributed by atoms with Crippen LogP contribution < -0.4 is 4.90 Å². The highest BCUT2D eigenvalue weighted by Crippen LogP contribution is 2.36. The maximum Gasteiger partial charge on any atom is 0.252 e. The van der Waals surface area contributed by atoms with Crippen LogP contribution in [-0.2, 0) is 14.3 Å². The van der Waals surface area contributed by atoms with E-state index in [1.165, 1.54) is 25.7 Å². The number of likely N-dealkylation sites (tertiary alicyclic amines) is 1. The lowest BCUT2D eigenvalue weighted by Gasteiger charge is -2.32. The Kier molecular flexibility index (Phi) is 5.48. The Balaban J connectivity index is 1.40. The van der Waals surface area contributed by atoms with Crippen molar-refractivity contribution < 1.29 is 14.3 Å². The second kappa shape index (κ2) is 8.01. The van der Waals surface area contributed by atoms with Gasteiger partial charge in [-0.3, -0.25) is 9.59 Å². The minimum absolute atomic E-state index is 0.00378. The number of hydrogen-bond acceptors (Lipinski definition) is 3. The Morgan fingerprint density at radius 3 is 2.70 bits per heavy atom. The largest absolute Gasteiger partial charge is 0.371 e. The lowest BCUT2D eigenvalue weighted by molar-refractivity contribution is -0.131. The van der Waals surface area contributed by atoms with Gasteiger partial charge in [0.25, 0.3) is 5.91 Å². The molecule has 5 nitrogen and oxygen atoms in total. The highest BCUT2D eigenvalue weighted by atomic mass is 16.5. The monoisotopic (exact) mass is 370 g/mol. The highest BCUT2D eigenvalue weighted by Gasteiger charge is 2.44. The normalized spacial score (nSPS) is 26.7. The van der Waals surface area contributed by atoms with Crippen LogP contribution in [0.2, 0.25) is 0 Å². The molecule has 1 aromatic carbocycles. The summed E-state index contributed by atoms with van der Waals surface area (Å²) < 4.78 is 5.74. The van der Waals surface area contributed by atoms with Crippen LogP contribution in [0, 0.1) is 11.3 Å². The summed E-state index contributed by atoms with van der Waals surface area (Å²) in [7, 11) is 0. The molecule has 1 saturated carbocycles. The van der Waals surface area contributed by atoms with E-state index in [1.54, 1.807) is 0 Å². The van der Waals surface area contributed by atoms with Gasteiger partial charge < -0.3 is 14.5 Å². The molecule has 0 aromatic heterocycles. The van der Waals surface area contributed by atoms with E-state index >= 15 is 0 Å². The van der Waals surface area contributed by atoms with Gasteiger partial charge in [0.05, 0.1) is 6.61 Å². The van der Waals surface area contributed by atoms with E-state index in [0.717, 1.165) is 31.0 Å². The summed E-state index contributed by atoms with van der Waals surface area (Å²) >= 11 is 0. The Morgan fingerprint density at radius 2 is 1.93 bits per heavy atom. The lowest BCUT2D eigenvalue weighted by atomic mass is 9.87. The Labute approximate surface area is 161 Å². The molecule has 1 spiro atoms. The van der Waals surface area contributed by atoms with Crippen molar-refractivity contribution in [3.05, 3.63) is 30.3 Å². The average Bonchev–Trinajstić information content (AvgIpc) is 3.32. The molecule has 2 amide bonds. The lowest BCUT2D eigenvalue weighted by Crippen LogP contribution is -2.43. The topological polar surface area (TPSA) is 49.9 Å². The fourth-order valence-corrected chi connectivity index (χ4v) is 4.92. The van der Waals surface area contributed by atoms with Crippen LogP contribution in [0.4, 0.5) is 5.69 Å². The number of amides is 2. The van der Waals surface area contributed by atoms with Gasteiger partial charge in [0.2, 0.25) is 5.91 Å². The van der Waals surface area contributed by atoms with E-state index in [0.29, 0.717) is 26.1 Å². The maximum absolute atomic E-state index is 12.7. The summed E-state index contributed by atoms with van der Waals surface area (Å²) in [6.07, 6.45) is 7.84. The Hall–Kier alpha value is -1.88. The van der Waals surface area contributed by atoms with Gasteiger partial charge in [0, 0.05) is 37.2 Å². The first-order valence-electron chi connectivity index (χ1n) is 10.4. The molecule has 5 heteroatoms. The molecule has 1 atom stereocenters. The Bertz CT molecular complexity index is 671. The van der Waals surface area contributed by atoms with Gasteiger partial charge in [0.1, 0.15) is 6.61 Å². The van der Waals surface area contributed by atoms with Crippen LogP contribution in [0.25, 0.3) is 0 Å². The molecule has 146 valence electrons. The first-order chi connectivity index (χ1) is 13.2. The number of carbonyl (C=O) groups excluding carboxylic acids is 2. The smallest absolute Gasteiger partial charge is 0.252 e. The van der Waals surface area contributed by atoms with Crippen LogP contribution in [0.1, 0.15) is 44.9 Å². The number of hydrogen-bond donors (Lipinski definition) is 0. The zero-order chi connectivity index (χ0) is 18.7. The summed E-state index contributed by atoms with van der Waals surface area (Å²) in [5.41, 5.74) is 0.767. The van der Waals surface area contributed by atoms with Crippen molar-refractivity contribution in [1.82, 2.24) is 4.90 Å². The second-order valence-electron chi connectivity index (χ2n) is 8.56. The van der Waals surface area contributed by atoms with Crippen molar-refractivity contribution in [2.75, 3.05) is 37.7 Å². The second-order valence-corrected chi connectivity index (χ2v) is 8.56. The number of benzene rings is 1. The molecule has 3 aliphatic rings. The summed E-state index contributed by atoms with van der Waals surface area (Å²) in [6.45, 7) is 2.78. The third-order valence-corrected chi connectivity index (χ3v) is 6.53. The highest BCUT2D eigenvalue weighted by molar-refractivity contribution is 5.94. The van der Waals surface area contributed by atoms with Crippen LogP contribution in [-0.4, -0.2) is 49.6 Å². The van der Waals surface area contributed by atoms with Crippen molar-refractivity contribution in [2.24, 2.45) is 11.3 Å². The molecule has 2 saturated heterocycles. The standard InChI is InChI=1S/C22H30N2O3/c25-20(11-10-18-6-4-5-7-18)23-13-12-22(15-23)16-24(21(26)14-27-17-22)19-8-2-1-3-9-19/h1-3,8-9,18H,4-7,10-17H2. The number of ether oxygens (including phenoxy) is 1. The molecule has 1 unspecified atom stereocenters. The Morgan fingerprint density at radius 1 is 1.15 bits per heavy atom. The van der Waals surface area contributed by atoms with Gasteiger partial charge in [-0.05, 0) is 30.9 Å². The zero-order valence-corrected chi connectivity index (χ0v) is 16.1. The van der Waals surface area contributed by atoms with E-state index in [2.05, 4.69) is 0 Å². The van der Waals surface area contributed by atoms with Gasteiger partial charge >= 0.3 is 0 Å². The minimum atomic E-state index is -0.148. The SMILES string of the molecule is O=C(CCC1CCCC1)N1CCC2(COCC(=O)N(c3ccccc3)C2)C1. The van der Waals surface area contributed by atoms with E-state index < -0.39 is 0 Å². The van der Waals surface area contributed by atoms with Crippen molar-refractivity contribution in [2.45, 2.75) is 44.9 Å². The predicted octanol–water partition coefficient (Wildman–Crippen LogP) is 3.24. The summed E-state index contributed by atoms with van der Waals surface area (Å²) in [4.78, 5) is 29.1.